The van der Waals surface area contributed by atoms with Crippen LogP contribution in [0.25, 0.3) is 0 Å². The Hall–Kier alpha value is -5.13. The van der Waals surface area contributed by atoms with Crippen molar-refractivity contribution < 1.29 is 33.0 Å². The van der Waals surface area contributed by atoms with Gasteiger partial charge in [0.25, 0.3) is 0 Å². The first-order chi connectivity index (χ1) is 23.5. The molecule has 0 aromatic heterocycles. The lowest BCUT2D eigenvalue weighted by Gasteiger charge is -2.40. The minimum Gasteiger partial charge on any atom is -0.444 e. The van der Waals surface area contributed by atoms with Crippen LogP contribution in [0.15, 0.2) is 72.8 Å². The van der Waals surface area contributed by atoms with Crippen molar-refractivity contribution in [3.8, 4) is 0 Å². The molecule has 0 aliphatic carbocycles. The second-order valence-electron chi connectivity index (χ2n) is 14.7. The molecular weight excluding hydrogens is 641 g/mol. The Morgan fingerprint density at radius 3 is 1.36 bits per heavy atom. The van der Waals surface area contributed by atoms with Gasteiger partial charge in [0.05, 0.1) is 0 Å². The Bertz CT molecular complexity index is 1580. The summed E-state index contributed by atoms with van der Waals surface area (Å²) in [6.45, 7) is 12.7. The van der Waals surface area contributed by atoms with Gasteiger partial charge < -0.3 is 25.0 Å². The molecule has 266 valence electrons. The number of nitrogens with one attached hydrogen (secondary N) is 2. The van der Waals surface area contributed by atoms with E-state index in [0.29, 0.717) is 50.4 Å². The average molecular weight is 688 g/mol. The molecule has 2 aliphatic heterocycles. The third kappa shape index (κ3) is 9.52. The van der Waals surface area contributed by atoms with E-state index in [1.54, 1.807) is 53.7 Å². The number of hydrogen-bond acceptors (Lipinski definition) is 7. The molecule has 3 aromatic carbocycles. The van der Waals surface area contributed by atoms with Crippen LogP contribution in [0.5, 0.6) is 0 Å². The maximum absolute atomic E-state index is 13.8. The normalized spacial score (nSPS) is 17.2. The van der Waals surface area contributed by atoms with Crippen molar-refractivity contribution >= 4 is 41.1 Å². The smallest absolute Gasteiger partial charge is 0.410 e. The number of benzene rings is 3. The molecule has 0 unspecified atom stereocenters. The highest BCUT2D eigenvalue weighted by atomic mass is 19.1. The maximum Gasteiger partial charge on any atom is 0.410 e. The van der Waals surface area contributed by atoms with Crippen LogP contribution in [0.4, 0.5) is 31.0 Å². The molecule has 12 heteroatoms. The van der Waals surface area contributed by atoms with Crippen molar-refractivity contribution in [2.75, 3.05) is 28.6 Å². The van der Waals surface area contributed by atoms with Gasteiger partial charge in [0.2, 0.25) is 11.8 Å². The molecule has 0 spiro atoms. The highest BCUT2D eigenvalue weighted by molar-refractivity contribution is 5.98. The van der Waals surface area contributed by atoms with Gasteiger partial charge in [0.15, 0.2) is 0 Å². The zero-order chi connectivity index (χ0) is 36.2. The van der Waals surface area contributed by atoms with Gasteiger partial charge in [-0.3, -0.25) is 19.4 Å². The van der Waals surface area contributed by atoms with E-state index >= 15 is 0 Å². The monoisotopic (exact) mass is 687 g/mol. The molecule has 4 amide bonds. The Labute approximate surface area is 292 Å². The van der Waals surface area contributed by atoms with Crippen molar-refractivity contribution in [3.63, 3.8) is 0 Å². The standard InChI is InChI=1S/C38H46FN5O6/c1-37(2,3)49-35(47)43-21-19-31(43)33(45)40-28-13-7-25(8-14-28)23-42(30-17-11-27(39)12-18-30)24-26-9-15-29(16-10-26)41-34(46)32-20-22-44(32)36(48)50-38(4,5)6/h7-18,31-32H,19-24H2,1-6H3,(H,40,45)(H,41,46)/t31-,32-/m0/s1. The molecular formula is C38H46FN5O6. The quantitative estimate of drug-likeness (QED) is 0.250. The van der Waals surface area contributed by atoms with Crippen molar-refractivity contribution in [1.29, 1.82) is 0 Å². The van der Waals surface area contributed by atoms with E-state index in [4.69, 9.17) is 9.47 Å². The van der Waals surface area contributed by atoms with Gasteiger partial charge in [-0.1, -0.05) is 24.3 Å². The van der Waals surface area contributed by atoms with Gasteiger partial charge >= 0.3 is 12.2 Å². The summed E-state index contributed by atoms with van der Waals surface area (Å²) < 4.78 is 24.6. The number of anilines is 3. The number of carbonyl (C=O) groups is 4. The molecule has 2 aliphatic rings. The Balaban J connectivity index is 1.19. The molecule has 3 aromatic rings. The summed E-state index contributed by atoms with van der Waals surface area (Å²) in [7, 11) is 0. The number of amides is 4. The van der Waals surface area contributed by atoms with E-state index in [1.807, 2.05) is 48.5 Å². The fourth-order valence-electron chi connectivity index (χ4n) is 5.57. The molecule has 2 heterocycles. The molecule has 2 saturated heterocycles. The highest BCUT2D eigenvalue weighted by Gasteiger charge is 2.41. The van der Waals surface area contributed by atoms with E-state index in [9.17, 15) is 23.6 Å². The zero-order valence-corrected chi connectivity index (χ0v) is 29.5. The molecule has 5 rings (SSSR count). The Kier molecular flexibility index (Phi) is 10.7. The van der Waals surface area contributed by atoms with Crippen LogP contribution in [0.2, 0.25) is 0 Å². The summed E-state index contributed by atoms with van der Waals surface area (Å²) in [6.07, 6.45) is 0.131. The predicted octanol–water partition coefficient (Wildman–Crippen LogP) is 6.93. The molecule has 2 atom stereocenters. The molecule has 2 fully saturated rings. The average Bonchev–Trinajstić information content (AvgIpc) is 2.96. The fourth-order valence-corrected chi connectivity index (χ4v) is 5.57. The van der Waals surface area contributed by atoms with Crippen molar-refractivity contribution in [2.24, 2.45) is 0 Å². The van der Waals surface area contributed by atoms with Gasteiger partial charge in [-0.05, 0) is 114 Å². The first kappa shape index (κ1) is 36.2. The molecule has 0 radical (unpaired) electrons. The van der Waals surface area contributed by atoms with Crippen molar-refractivity contribution in [3.05, 3.63) is 89.7 Å². The number of rotatable bonds is 9. The second kappa shape index (κ2) is 14.8. The van der Waals surface area contributed by atoms with Crippen molar-refractivity contribution in [2.45, 2.75) is 90.8 Å². The van der Waals surface area contributed by atoms with Crippen LogP contribution >= 0.6 is 0 Å². The fraction of sp³-hybridized carbons (Fsp3) is 0.421. The SMILES string of the molecule is CC(C)(C)OC(=O)N1CC[C@H]1C(=O)Nc1ccc(CN(Cc2ccc(NC(=O)[C@@H]3CCN3C(=O)OC(C)(C)C)cc2)c2ccc(F)cc2)cc1. The van der Waals surface area contributed by atoms with Crippen LogP contribution in [0.3, 0.4) is 0 Å². The van der Waals surface area contributed by atoms with Gasteiger partial charge in [-0.2, -0.15) is 0 Å². The minimum absolute atomic E-state index is 0.268. The van der Waals surface area contributed by atoms with Crippen molar-refractivity contribution in [1.82, 2.24) is 9.80 Å². The van der Waals surface area contributed by atoms with E-state index in [2.05, 4.69) is 15.5 Å². The second-order valence-corrected chi connectivity index (χ2v) is 14.7. The number of halogens is 1. The first-order valence-electron chi connectivity index (χ1n) is 16.8. The number of nitrogens with zero attached hydrogens (tertiary/aromatic N) is 3. The molecule has 11 nitrogen and oxygen atoms in total. The molecule has 0 bridgehead atoms. The number of likely N-dealkylation sites (tertiary alicyclic amines) is 2. The molecule has 2 N–H and O–H groups in total. The molecule has 50 heavy (non-hydrogen) atoms. The Morgan fingerprint density at radius 1 is 0.660 bits per heavy atom. The van der Waals surface area contributed by atoms with Gasteiger partial charge in [-0.25, -0.2) is 14.0 Å². The summed E-state index contributed by atoms with van der Waals surface area (Å²) >= 11 is 0. The summed E-state index contributed by atoms with van der Waals surface area (Å²) in [4.78, 5) is 55.7. The number of ether oxygens (including phenoxy) is 2. The lowest BCUT2D eigenvalue weighted by atomic mass is 10.0. The molecule has 0 saturated carbocycles. The van der Waals surface area contributed by atoms with E-state index < -0.39 is 35.5 Å². The van der Waals surface area contributed by atoms with E-state index in [-0.39, 0.29) is 17.6 Å². The highest BCUT2D eigenvalue weighted by Crippen LogP contribution is 2.26. The lowest BCUT2D eigenvalue weighted by molar-refractivity contribution is -0.125. The predicted molar refractivity (Wildman–Crippen MR) is 189 cm³/mol. The maximum atomic E-state index is 13.8. The summed E-state index contributed by atoms with van der Waals surface area (Å²) in [5.74, 6) is -0.867. The first-order valence-corrected chi connectivity index (χ1v) is 16.8. The van der Waals surface area contributed by atoms with E-state index in [0.717, 1.165) is 16.8 Å². The third-order valence-electron chi connectivity index (χ3n) is 8.28. The van der Waals surface area contributed by atoms with Gasteiger partial charge in [-0.15, -0.1) is 0 Å². The van der Waals surface area contributed by atoms with Crippen LogP contribution in [-0.4, -0.2) is 70.2 Å². The third-order valence-corrected chi connectivity index (χ3v) is 8.28. The van der Waals surface area contributed by atoms with Crippen LogP contribution in [0.1, 0.15) is 65.5 Å². The summed E-state index contributed by atoms with van der Waals surface area (Å²) in [6, 6.07) is 20.0. The van der Waals surface area contributed by atoms with Gasteiger partial charge in [0.1, 0.15) is 29.1 Å². The lowest BCUT2D eigenvalue weighted by Crippen LogP contribution is -2.57. The topological polar surface area (TPSA) is 121 Å². The van der Waals surface area contributed by atoms with Crippen LogP contribution in [0, 0.1) is 5.82 Å². The van der Waals surface area contributed by atoms with Crippen LogP contribution in [-0.2, 0) is 32.2 Å². The van der Waals surface area contributed by atoms with Crippen LogP contribution < -0.4 is 15.5 Å². The summed E-state index contributed by atoms with van der Waals surface area (Å²) in [5.41, 5.74) is 2.68. The minimum atomic E-state index is -0.643. The summed E-state index contributed by atoms with van der Waals surface area (Å²) in [5, 5.41) is 5.80. The van der Waals surface area contributed by atoms with Gasteiger partial charge in [0, 0.05) is 43.2 Å². The largest absolute Gasteiger partial charge is 0.444 e. The zero-order valence-electron chi connectivity index (χ0n) is 29.5. The van der Waals surface area contributed by atoms with E-state index in [1.165, 1.54) is 21.9 Å². The Morgan fingerprint density at radius 2 is 1.04 bits per heavy atom. The number of carbonyl (C=O) groups excluding carboxylic acids is 4. The number of hydrogen-bond donors (Lipinski definition) is 2.